The maximum Gasteiger partial charge on any atom is 0.00925 e. The first-order valence-electron chi connectivity index (χ1n) is 8.25. The minimum absolute atomic E-state index is 0.799. The van der Waals surface area contributed by atoms with Crippen LogP contribution in [-0.4, -0.2) is 36.6 Å². The van der Waals surface area contributed by atoms with Gasteiger partial charge in [-0.25, -0.2) is 0 Å². The number of rotatable bonds is 5. The van der Waals surface area contributed by atoms with Gasteiger partial charge in [0.25, 0.3) is 0 Å². The van der Waals surface area contributed by atoms with Crippen molar-refractivity contribution in [3.63, 3.8) is 0 Å². The molecule has 1 aliphatic carbocycles. The molecule has 1 aliphatic heterocycles. The third-order valence-corrected chi connectivity index (χ3v) is 5.16. The van der Waals surface area contributed by atoms with Crippen molar-refractivity contribution in [1.29, 1.82) is 0 Å². The van der Waals surface area contributed by atoms with Crippen molar-refractivity contribution < 1.29 is 0 Å². The maximum absolute atomic E-state index is 3.76. The van der Waals surface area contributed by atoms with E-state index in [-0.39, 0.29) is 0 Å². The first-order chi connectivity index (χ1) is 8.77. The Hall–Kier alpha value is -0.0800. The van der Waals surface area contributed by atoms with Crippen LogP contribution in [0, 0.1) is 5.92 Å². The minimum Gasteiger partial charge on any atom is -0.314 e. The minimum atomic E-state index is 0.799. The molecule has 0 amide bonds. The lowest BCUT2D eigenvalue weighted by Gasteiger charge is -2.38. The number of likely N-dealkylation sites (tertiary alicyclic amines) is 1. The third-order valence-electron chi connectivity index (χ3n) is 5.16. The first-order valence-corrected chi connectivity index (χ1v) is 8.25. The molecule has 0 bridgehead atoms. The Morgan fingerprint density at radius 3 is 2.56 bits per heavy atom. The van der Waals surface area contributed by atoms with Crippen molar-refractivity contribution in [2.75, 3.05) is 19.6 Å². The van der Waals surface area contributed by atoms with Crippen molar-refractivity contribution in [2.45, 2.75) is 77.3 Å². The van der Waals surface area contributed by atoms with Gasteiger partial charge in [0, 0.05) is 12.1 Å². The lowest BCUT2D eigenvalue weighted by molar-refractivity contribution is 0.112. The highest BCUT2D eigenvalue weighted by Crippen LogP contribution is 2.22. The van der Waals surface area contributed by atoms with Crippen LogP contribution in [-0.2, 0) is 0 Å². The molecule has 0 aromatic heterocycles. The SMILES string of the molecule is CC1CCCN(CCCNC2CCCCC2)C1C. The number of hydrogen-bond donors (Lipinski definition) is 1. The summed E-state index contributed by atoms with van der Waals surface area (Å²) in [7, 11) is 0. The van der Waals surface area contributed by atoms with Gasteiger partial charge in [-0.1, -0.05) is 26.2 Å². The van der Waals surface area contributed by atoms with Crippen molar-refractivity contribution in [2.24, 2.45) is 5.92 Å². The van der Waals surface area contributed by atoms with Gasteiger partial charge in [-0.15, -0.1) is 0 Å². The van der Waals surface area contributed by atoms with E-state index < -0.39 is 0 Å². The van der Waals surface area contributed by atoms with Crippen LogP contribution in [0.5, 0.6) is 0 Å². The highest BCUT2D eigenvalue weighted by molar-refractivity contribution is 4.79. The number of hydrogen-bond acceptors (Lipinski definition) is 2. The van der Waals surface area contributed by atoms with E-state index in [0.717, 1.165) is 18.0 Å². The molecule has 0 radical (unpaired) electrons. The van der Waals surface area contributed by atoms with E-state index >= 15 is 0 Å². The lowest BCUT2D eigenvalue weighted by Crippen LogP contribution is -2.43. The fraction of sp³-hybridized carbons (Fsp3) is 1.00. The van der Waals surface area contributed by atoms with Gasteiger partial charge in [0.1, 0.15) is 0 Å². The van der Waals surface area contributed by atoms with Crippen LogP contribution in [0.2, 0.25) is 0 Å². The molecule has 2 fully saturated rings. The summed E-state index contributed by atoms with van der Waals surface area (Å²) in [6.07, 6.45) is 11.3. The molecular formula is C16H32N2. The molecule has 18 heavy (non-hydrogen) atoms. The van der Waals surface area contributed by atoms with E-state index in [1.54, 1.807) is 0 Å². The molecule has 2 atom stereocenters. The standard InChI is InChI=1S/C16H32N2/c1-14-8-6-12-18(15(14)2)13-7-11-17-16-9-4-3-5-10-16/h14-17H,3-13H2,1-2H3. The zero-order chi connectivity index (χ0) is 12.8. The fourth-order valence-corrected chi connectivity index (χ4v) is 3.63. The maximum atomic E-state index is 3.76. The van der Waals surface area contributed by atoms with Crippen LogP contribution in [0.4, 0.5) is 0 Å². The monoisotopic (exact) mass is 252 g/mol. The molecular weight excluding hydrogens is 220 g/mol. The van der Waals surface area contributed by atoms with Gasteiger partial charge in [-0.05, 0) is 64.6 Å². The molecule has 2 unspecified atom stereocenters. The summed E-state index contributed by atoms with van der Waals surface area (Å²) >= 11 is 0. The predicted octanol–water partition coefficient (Wildman–Crippen LogP) is 3.42. The van der Waals surface area contributed by atoms with Crippen molar-refractivity contribution in [3.8, 4) is 0 Å². The number of nitrogens with one attached hydrogen (secondary N) is 1. The van der Waals surface area contributed by atoms with Crippen LogP contribution >= 0.6 is 0 Å². The highest BCUT2D eigenvalue weighted by atomic mass is 15.2. The second kappa shape index (κ2) is 7.49. The molecule has 106 valence electrons. The van der Waals surface area contributed by atoms with E-state index in [0.29, 0.717) is 0 Å². The van der Waals surface area contributed by atoms with Crippen LogP contribution < -0.4 is 5.32 Å². The van der Waals surface area contributed by atoms with Crippen molar-refractivity contribution in [1.82, 2.24) is 10.2 Å². The molecule has 1 N–H and O–H groups in total. The largest absolute Gasteiger partial charge is 0.314 e. The Morgan fingerprint density at radius 2 is 1.78 bits per heavy atom. The van der Waals surface area contributed by atoms with Gasteiger partial charge in [-0.2, -0.15) is 0 Å². The smallest absolute Gasteiger partial charge is 0.00925 e. The van der Waals surface area contributed by atoms with Gasteiger partial charge < -0.3 is 10.2 Å². The van der Waals surface area contributed by atoms with Gasteiger partial charge in [-0.3, -0.25) is 0 Å². The molecule has 2 heteroatoms. The molecule has 0 aromatic carbocycles. The van der Waals surface area contributed by atoms with Gasteiger partial charge in [0.2, 0.25) is 0 Å². The van der Waals surface area contributed by atoms with Gasteiger partial charge in [0.05, 0.1) is 0 Å². The average Bonchev–Trinajstić information content (AvgIpc) is 2.40. The molecule has 2 aliphatic rings. The summed E-state index contributed by atoms with van der Waals surface area (Å²) in [5, 5.41) is 3.76. The summed E-state index contributed by atoms with van der Waals surface area (Å²) in [5.74, 6) is 0.894. The van der Waals surface area contributed by atoms with E-state index in [9.17, 15) is 0 Å². The average molecular weight is 252 g/mol. The van der Waals surface area contributed by atoms with E-state index in [1.807, 2.05) is 0 Å². The molecule has 2 rings (SSSR count). The Bertz CT molecular complexity index is 223. The number of nitrogens with zero attached hydrogens (tertiary/aromatic N) is 1. The highest BCUT2D eigenvalue weighted by Gasteiger charge is 2.23. The van der Waals surface area contributed by atoms with Crippen LogP contribution in [0.3, 0.4) is 0 Å². The van der Waals surface area contributed by atoms with Gasteiger partial charge >= 0.3 is 0 Å². The summed E-state index contributed by atoms with van der Waals surface area (Å²) in [6, 6.07) is 1.63. The first kappa shape index (κ1) is 14.3. The topological polar surface area (TPSA) is 15.3 Å². The molecule has 2 nitrogen and oxygen atoms in total. The van der Waals surface area contributed by atoms with Gasteiger partial charge in [0.15, 0.2) is 0 Å². The normalized spacial score (nSPS) is 31.7. The summed E-state index contributed by atoms with van der Waals surface area (Å²) in [6.45, 7) is 8.68. The quantitative estimate of drug-likeness (QED) is 0.754. The molecule has 0 aromatic rings. The molecule has 1 heterocycles. The van der Waals surface area contributed by atoms with Crippen molar-refractivity contribution in [3.05, 3.63) is 0 Å². The van der Waals surface area contributed by atoms with E-state index in [1.165, 1.54) is 71.0 Å². The van der Waals surface area contributed by atoms with Crippen LogP contribution in [0.15, 0.2) is 0 Å². The fourth-order valence-electron chi connectivity index (χ4n) is 3.63. The second-order valence-electron chi connectivity index (χ2n) is 6.54. The number of piperidine rings is 1. The van der Waals surface area contributed by atoms with E-state index in [2.05, 4.69) is 24.1 Å². The third kappa shape index (κ3) is 4.24. The Kier molecular flexibility index (Phi) is 5.97. The Balaban J connectivity index is 1.57. The summed E-state index contributed by atoms with van der Waals surface area (Å²) in [5.41, 5.74) is 0. The summed E-state index contributed by atoms with van der Waals surface area (Å²) < 4.78 is 0. The van der Waals surface area contributed by atoms with E-state index in [4.69, 9.17) is 0 Å². The molecule has 0 spiro atoms. The Morgan fingerprint density at radius 1 is 1.00 bits per heavy atom. The van der Waals surface area contributed by atoms with Crippen LogP contribution in [0.25, 0.3) is 0 Å². The summed E-state index contributed by atoms with van der Waals surface area (Å²) in [4.78, 5) is 2.71. The second-order valence-corrected chi connectivity index (χ2v) is 6.54. The predicted molar refractivity (Wildman–Crippen MR) is 78.9 cm³/mol. The van der Waals surface area contributed by atoms with Crippen LogP contribution in [0.1, 0.15) is 65.2 Å². The molecule has 1 saturated carbocycles. The Labute approximate surface area is 114 Å². The zero-order valence-electron chi connectivity index (χ0n) is 12.5. The zero-order valence-corrected chi connectivity index (χ0v) is 12.5. The molecule has 1 saturated heterocycles. The lowest BCUT2D eigenvalue weighted by atomic mass is 9.92. The van der Waals surface area contributed by atoms with Crippen molar-refractivity contribution >= 4 is 0 Å².